The summed E-state index contributed by atoms with van der Waals surface area (Å²) in [6, 6.07) is 20.4. The van der Waals surface area contributed by atoms with Crippen molar-refractivity contribution in [2.75, 3.05) is 0 Å². The van der Waals surface area contributed by atoms with E-state index in [0.717, 1.165) is 5.56 Å². The minimum Gasteiger partial charge on any atom is -0.191 e. The summed E-state index contributed by atoms with van der Waals surface area (Å²) in [7, 11) is 0. The van der Waals surface area contributed by atoms with E-state index in [1.54, 1.807) is 12.1 Å². The summed E-state index contributed by atoms with van der Waals surface area (Å²) in [6.45, 7) is 0. The molecule has 4 heteroatoms. The predicted molar refractivity (Wildman–Crippen MR) is 69.6 cm³/mol. The van der Waals surface area contributed by atoms with Crippen LogP contribution in [0.1, 0.15) is 5.56 Å². The molecule has 2 aromatic rings. The normalized spacial score (nSPS) is 11.4. The number of hydrogen-bond donors (Lipinski definition) is 0. The monoisotopic (exact) mass is 234 g/mol. The lowest BCUT2D eigenvalue weighted by atomic mass is 10.1. The van der Waals surface area contributed by atoms with Crippen molar-refractivity contribution in [1.82, 2.24) is 0 Å². The lowest BCUT2D eigenvalue weighted by Crippen LogP contribution is -1.94. The van der Waals surface area contributed by atoms with Crippen molar-refractivity contribution in [1.29, 1.82) is 5.26 Å². The largest absolute Gasteiger partial charge is 0.191 e. The SMILES string of the molecule is N#C/C(=N\N=Nc1ccccc1)c1ccccc1. The van der Waals surface area contributed by atoms with Crippen LogP contribution in [0.4, 0.5) is 5.69 Å². The highest BCUT2D eigenvalue weighted by Crippen LogP contribution is 2.10. The second kappa shape index (κ2) is 6.06. The number of rotatable bonds is 3. The predicted octanol–water partition coefficient (Wildman–Crippen LogP) is 3.70. The van der Waals surface area contributed by atoms with Crippen LogP contribution in [0.3, 0.4) is 0 Å². The van der Waals surface area contributed by atoms with Gasteiger partial charge in [-0.15, -0.1) is 10.2 Å². The maximum Gasteiger partial charge on any atom is 0.172 e. The fraction of sp³-hybridized carbons (Fsp3) is 0. The third-order valence-electron chi connectivity index (χ3n) is 2.21. The van der Waals surface area contributed by atoms with Gasteiger partial charge in [-0.1, -0.05) is 48.5 Å². The molecule has 2 aromatic carbocycles. The van der Waals surface area contributed by atoms with Crippen LogP contribution in [0.25, 0.3) is 0 Å². The van der Waals surface area contributed by atoms with Gasteiger partial charge in [0.15, 0.2) is 5.71 Å². The van der Waals surface area contributed by atoms with E-state index in [4.69, 9.17) is 5.26 Å². The summed E-state index contributed by atoms with van der Waals surface area (Å²) < 4.78 is 0. The van der Waals surface area contributed by atoms with Crippen molar-refractivity contribution < 1.29 is 0 Å². The Morgan fingerprint density at radius 3 is 2.11 bits per heavy atom. The molecular formula is C14H10N4. The Morgan fingerprint density at radius 1 is 0.889 bits per heavy atom. The first kappa shape index (κ1) is 11.7. The van der Waals surface area contributed by atoms with Gasteiger partial charge < -0.3 is 0 Å². The molecule has 0 amide bonds. The fourth-order valence-corrected chi connectivity index (χ4v) is 1.35. The second-order valence-electron chi connectivity index (χ2n) is 3.45. The highest BCUT2D eigenvalue weighted by molar-refractivity contribution is 6.11. The molecule has 0 heterocycles. The number of benzene rings is 2. The molecule has 0 bridgehead atoms. The van der Waals surface area contributed by atoms with Gasteiger partial charge in [0.1, 0.15) is 6.07 Å². The summed E-state index contributed by atoms with van der Waals surface area (Å²) in [6.07, 6.45) is 0. The first-order chi connectivity index (χ1) is 8.90. The Morgan fingerprint density at radius 2 is 1.50 bits per heavy atom. The van der Waals surface area contributed by atoms with Crippen molar-refractivity contribution in [3.8, 4) is 6.07 Å². The Labute approximate surface area is 105 Å². The molecule has 0 saturated heterocycles. The number of hydrogen-bond acceptors (Lipinski definition) is 3. The molecule has 2 rings (SSSR count). The van der Waals surface area contributed by atoms with E-state index >= 15 is 0 Å². The van der Waals surface area contributed by atoms with Crippen molar-refractivity contribution in [2.45, 2.75) is 0 Å². The fourth-order valence-electron chi connectivity index (χ4n) is 1.35. The highest BCUT2D eigenvalue weighted by Gasteiger charge is 1.99. The highest BCUT2D eigenvalue weighted by atomic mass is 15.4. The molecule has 0 aromatic heterocycles. The molecule has 0 fully saturated rings. The Hall–Kier alpha value is -2.80. The maximum absolute atomic E-state index is 8.99. The van der Waals surface area contributed by atoms with Crippen LogP contribution in [-0.4, -0.2) is 5.71 Å². The topological polar surface area (TPSA) is 60.9 Å². The summed E-state index contributed by atoms with van der Waals surface area (Å²) in [4.78, 5) is 0. The lowest BCUT2D eigenvalue weighted by Gasteiger charge is -1.93. The summed E-state index contributed by atoms with van der Waals surface area (Å²) in [5.41, 5.74) is 1.67. The first-order valence-electron chi connectivity index (χ1n) is 5.39. The molecule has 0 atom stereocenters. The van der Waals surface area contributed by atoms with Crippen LogP contribution in [0.15, 0.2) is 76.1 Å². The molecule has 0 saturated carbocycles. The molecule has 86 valence electrons. The minimum absolute atomic E-state index is 0.246. The van der Waals surface area contributed by atoms with Crippen LogP contribution in [0.2, 0.25) is 0 Å². The number of nitrogens with zero attached hydrogens (tertiary/aromatic N) is 4. The second-order valence-corrected chi connectivity index (χ2v) is 3.45. The molecule has 18 heavy (non-hydrogen) atoms. The van der Waals surface area contributed by atoms with Crippen LogP contribution < -0.4 is 0 Å². The Balaban J connectivity index is 2.18. The van der Waals surface area contributed by atoms with Gasteiger partial charge in [0.25, 0.3) is 0 Å². The number of nitriles is 1. The zero-order valence-electron chi connectivity index (χ0n) is 9.56. The summed E-state index contributed by atoms with van der Waals surface area (Å²) in [5, 5.41) is 20.4. The molecule has 0 aliphatic carbocycles. The van der Waals surface area contributed by atoms with Crippen molar-refractivity contribution in [3.05, 3.63) is 66.2 Å². The van der Waals surface area contributed by atoms with Gasteiger partial charge in [0.2, 0.25) is 0 Å². The van der Waals surface area contributed by atoms with Gasteiger partial charge in [-0.25, -0.2) is 0 Å². The van der Waals surface area contributed by atoms with E-state index in [0.29, 0.717) is 5.69 Å². The Kier molecular flexibility index (Phi) is 3.93. The quantitative estimate of drug-likeness (QED) is 0.453. The van der Waals surface area contributed by atoms with Gasteiger partial charge in [0.05, 0.1) is 5.69 Å². The first-order valence-corrected chi connectivity index (χ1v) is 5.39. The van der Waals surface area contributed by atoms with E-state index in [9.17, 15) is 0 Å². The standard InChI is InChI=1S/C14H10N4/c15-11-14(12-7-3-1-4-8-12)17-18-16-13-9-5-2-6-10-13/h1-10H/b17-14+,18-16?. The van der Waals surface area contributed by atoms with Gasteiger partial charge in [-0.05, 0) is 17.4 Å². The molecule has 4 nitrogen and oxygen atoms in total. The third kappa shape index (κ3) is 3.09. The smallest absolute Gasteiger partial charge is 0.172 e. The molecule has 0 spiro atoms. The van der Waals surface area contributed by atoms with Crippen molar-refractivity contribution in [2.24, 2.45) is 15.4 Å². The molecule has 0 aliphatic rings. The average Bonchev–Trinajstić information content (AvgIpc) is 2.46. The van der Waals surface area contributed by atoms with E-state index in [1.807, 2.05) is 54.6 Å². The molecule has 0 unspecified atom stereocenters. The lowest BCUT2D eigenvalue weighted by molar-refractivity contribution is 1.06. The van der Waals surface area contributed by atoms with Gasteiger partial charge >= 0.3 is 0 Å². The Bertz CT molecular complexity index is 595. The molecule has 0 aliphatic heterocycles. The van der Waals surface area contributed by atoms with E-state index in [-0.39, 0.29) is 5.71 Å². The summed E-state index contributed by atoms with van der Waals surface area (Å²) in [5.74, 6) is 0. The van der Waals surface area contributed by atoms with Gasteiger partial charge in [-0.2, -0.15) is 5.26 Å². The van der Waals surface area contributed by atoms with Crippen LogP contribution >= 0.6 is 0 Å². The van der Waals surface area contributed by atoms with Crippen LogP contribution in [0, 0.1) is 11.3 Å². The van der Waals surface area contributed by atoms with Crippen LogP contribution in [0.5, 0.6) is 0 Å². The van der Waals surface area contributed by atoms with E-state index < -0.39 is 0 Å². The van der Waals surface area contributed by atoms with Crippen molar-refractivity contribution in [3.63, 3.8) is 0 Å². The van der Waals surface area contributed by atoms with Crippen LogP contribution in [-0.2, 0) is 0 Å². The zero-order valence-corrected chi connectivity index (χ0v) is 9.56. The molecular weight excluding hydrogens is 224 g/mol. The van der Waals surface area contributed by atoms with Gasteiger partial charge in [0, 0.05) is 5.56 Å². The van der Waals surface area contributed by atoms with Gasteiger partial charge in [-0.3, -0.25) is 0 Å². The zero-order chi connectivity index (χ0) is 12.6. The van der Waals surface area contributed by atoms with E-state index in [2.05, 4.69) is 15.4 Å². The molecule has 0 N–H and O–H groups in total. The average molecular weight is 234 g/mol. The summed E-state index contributed by atoms with van der Waals surface area (Å²) >= 11 is 0. The van der Waals surface area contributed by atoms with Crippen molar-refractivity contribution >= 4 is 11.4 Å². The third-order valence-corrected chi connectivity index (χ3v) is 2.21. The maximum atomic E-state index is 8.99. The van der Waals surface area contributed by atoms with E-state index in [1.165, 1.54) is 0 Å². The molecule has 0 radical (unpaired) electrons. The minimum atomic E-state index is 0.246.